The molecular formula is C15H12N4. The van der Waals surface area contributed by atoms with Crippen LogP contribution >= 0.6 is 0 Å². The molecule has 4 nitrogen and oxygen atoms in total. The van der Waals surface area contributed by atoms with Crippen molar-refractivity contribution in [3.05, 3.63) is 53.0 Å². The Labute approximate surface area is 111 Å². The third-order valence-corrected chi connectivity index (χ3v) is 2.89. The first kappa shape index (κ1) is 12.6. The lowest BCUT2D eigenvalue weighted by molar-refractivity contribution is 0.921. The molecule has 0 aliphatic carbocycles. The molecule has 2 heterocycles. The van der Waals surface area contributed by atoms with Crippen LogP contribution in [-0.4, -0.2) is 9.55 Å². The van der Waals surface area contributed by atoms with Gasteiger partial charge < -0.3 is 4.57 Å². The maximum atomic E-state index is 8.81. The molecule has 0 amide bonds. The van der Waals surface area contributed by atoms with E-state index in [1.165, 1.54) is 0 Å². The van der Waals surface area contributed by atoms with E-state index in [2.05, 4.69) is 4.98 Å². The van der Waals surface area contributed by atoms with Crippen molar-refractivity contribution in [1.82, 2.24) is 9.55 Å². The van der Waals surface area contributed by atoms with Crippen molar-refractivity contribution in [3.8, 4) is 18.0 Å². The molecule has 0 aliphatic rings. The minimum Gasteiger partial charge on any atom is -0.303 e. The van der Waals surface area contributed by atoms with Gasteiger partial charge in [0.15, 0.2) is 0 Å². The maximum absolute atomic E-state index is 8.81. The predicted molar refractivity (Wildman–Crippen MR) is 72.2 cm³/mol. The fourth-order valence-corrected chi connectivity index (χ4v) is 2.02. The van der Waals surface area contributed by atoms with Gasteiger partial charge in [-0.05, 0) is 43.7 Å². The zero-order chi connectivity index (χ0) is 13.8. The van der Waals surface area contributed by atoms with Crippen LogP contribution in [0.4, 0.5) is 0 Å². The summed E-state index contributed by atoms with van der Waals surface area (Å²) in [6, 6.07) is 11.4. The highest BCUT2D eigenvalue weighted by Crippen LogP contribution is 2.21. The number of nitriles is 2. The summed E-state index contributed by atoms with van der Waals surface area (Å²) in [5.41, 5.74) is 2.93. The first-order valence-electron chi connectivity index (χ1n) is 5.79. The van der Waals surface area contributed by atoms with Crippen LogP contribution in [-0.2, 0) is 0 Å². The molecule has 92 valence electrons. The Morgan fingerprint density at radius 2 is 2.00 bits per heavy atom. The lowest BCUT2D eigenvalue weighted by atomic mass is 10.2. The van der Waals surface area contributed by atoms with E-state index in [1.807, 2.05) is 54.8 Å². The number of pyridine rings is 1. The second kappa shape index (κ2) is 5.20. The number of rotatable bonds is 2. The molecule has 0 aliphatic heterocycles. The Balaban J connectivity index is 2.57. The number of aryl methyl sites for hydroxylation is 1. The Morgan fingerprint density at radius 3 is 2.58 bits per heavy atom. The smallest absolute Gasteiger partial charge is 0.136 e. The van der Waals surface area contributed by atoms with Crippen molar-refractivity contribution < 1.29 is 0 Å². The Morgan fingerprint density at radius 1 is 1.26 bits per heavy atom. The molecule has 0 saturated heterocycles. The van der Waals surface area contributed by atoms with Crippen LogP contribution in [0.3, 0.4) is 0 Å². The summed E-state index contributed by atoms with van der Waals surface area (Å²) < 4.78 is 2.00. The Hall–Kier alpha value is -2.85. The molecule has 0 N–H and O–H groups in total. The topological polar surface area (TPSA) is 65.4 Å². The molecule has 2 aromatic rings. The van der Waals surface area contributed by atoms with Crippen LogP contribution in [0, 0.1) is 36.5 Å². The number of nitrogens with zero attached hydrogens (tertiary/aromatic N) is 4. The van der Waals surface area contributed by atoms with E-state index in [0.29, 0.717) is 0 Å². The van der Waals surface area contributed by atoms with Gasteiger partial charge in [-0.15, -0.1) is 0 Å². The van der Waals surface area contributed by atoms with Crippen LogP contribution in [0.5, 0.6) is 0 Å². The molecule has 0 radical (unpaired) electrons. The number of allylic oxidation sites excluding steroid dienone is 1. The highest BCUT2D eigenvalue weighted by Gasteiger charge is 2.10. The zero-order valence-electron chi connectivity index (χ0n) is 10.8. The Bertz CT molecular complexity index is 693. The lowest BCUT2D eigenvalue weighted by Crippen LogP contribution is -2.01. The van der Waals surface area contributed by atoms with E-state index in [4.69, 9.17) is 10.5 Å². The van der Waals surface area contributed by atoms with Crippen molar-refractivity contribution in [2.75, 3.05) is 0 Å². The summed E-state index contributed by atoms with van der Waals surface area (Å²) in [5.74, 6) is 0.826. The number of hydrogen-bond donors (Lipinski definition) is 0. The van der Waals surface area contributed by atoms with Gasteiger partial charge in [-0.2, -0.15) is 10.5 Å². The van der Waals surface area contributed by atoms with E-state index < -0.39 is 0 Å². The normalized spacial score (nSPS) is 9.47. The molecule has 0 aromatic carbocycles. The van der Waals surface area contributed by atoms with Gasteiger partial charge in [0.2, 0.25) is 0 Å². The van der Waals surface area contributed by atoms with Crippen molar-refractivity contribution in [3.63, 3.8) is 0 Å². The van der Waals surface area contributed by atoms with E-state index >= 15 is 0 Å². The van der Waals surface area contributed by atoms with Crippen LogP contribution in [0.25, 0.3) is 11.9 Å². The first-order chi connectivity index (χ1) is 9.17. The molecule has 4 heteroatoms. The lowest BCUT2D eigenvalue weighted by Gasteiger charge is -2.07. The molecular weight excluding hydrogens is 236 g/mol. The largest absolute Gasteiger partial charge is 0.303 e. The summed E-state index contributed by atoms with van der Waals surface area (Å²) in [6.45, 7) is 3.91. The van der Waals surface area contributed by atoms with E-state index in [-0.39, 0.29) is 5.57 Å². The molecule has 2 aromatic heterocycles. The molecule has 0 bridgehead atoms. The van der Waals surface area contributed by atoms with Crippen molar-refractivity contribution in [2.24, 2.45) is 0 Å². The maximum Gasteiger partial charge on any atom is 0.136 e. The third kappa shape index (κ3) is 2.38. The van der Waals surface area contributed by atoms with E-state index in [0.717, 1.165) is 22.8 Å². The fourth-order valence-electron chi connectivity index (χ4n) is 2.02. The summed E-state index contributed by atoms with van der Waals surface area (Å²) in [7, 11) is 0. The second-order valence-electron chi connectivity index (χ2n) is 4.13. The number of hydrogen-bond acceptors (Lipinski definition) is 3. The van der Waals surface area contributed by atoms with Crippen LogP contribution in [0.15, 0.2) is 36.0 Å². The second-order valence-corrected chi connectivity index (χ2v) is 4.13. The van der Waals surface area contributed by atoms with Gasteiger partial charge in [0.05, 0.1) is 0 Å². The third-order valence-electron chi connectivity index (χ3n) is 2.89. The Kier molecular flexibility index (Phi) is 3.45. The molecule has 0 saturated carbocycles. The van der Waals surface area contributed by atoms with Gasteiger partial charge in [0, 0.05) is 17.6 Å². The van der Waals surface area contributed by atoms with Gasteiger partial charge in [-0.25, -0.2) is 4.98 Å². The van der Waals surface area contributed by atoms with Crippen molar-refractivity contribution >= 4 is 6.08 Å². The van der Waals surface area contributed by atoms with Crippen LogP contribution < -0.4 is 0 Å². The quantitative estimate of drug-likeness (QED) is 0.767. The van der Waals surface area contributed by atoms with E-state index in [9.17, 15) is 0 Å². The van der Waals surface area contributed by atoms with Crippen LogP contribution in [0.1, 0.15) is 17.0 Å². The average Bonchev–Trinajstić information content (AvgIpc) is 2.71. The summed E-state index contributed by atoms with van der Waals surface area (Å²) in [5, 5.41) is 17.6. The van der Waals surface area contributed by atoms with Gasteiger partial charge >= 0.3 is 0 Å². The first-order valence-corrected chi connectivity index (χ1v) is 5.79. The molecule has 0 atom stereocenters. The standard InChI is InChI=1S/C15H12N4/c1-11-7-14(8-13(9-16)10-17)12(2)19(11)15-5-3-4-6-18-15/h3-8H,1-2H3. The SMILES string of the molecule is Cc1cc(C=C(C#N)C#N)c(C)n1-c1ccccn1. The summed E-state index contributed by atoms with van der Waals surface area (Å²) >= 11 is 0. The molecule has 19 heavy (non-hydrogen) atoms. The van der Waals surface area contributed by atoms with Crippen LogP contribution in [0.2, 0.25) is 0 Å². The highest BCUT2D eigenvalue weighted by atomic mass is 15.1. The number of aromatic nitrogens is 2. The zero-order valence-corrected chi connectivity index (χ0v) is 10.8. The summed E-state index contributed by atoms with van der Waals surface area (Å²) in [6.07, 6.45) is 3.33. The predicted octanol–water partition coefficient (Wildman–Crippen LogP) is 2.92. The van der Waals surface area contributed by atoms with Gasteiger partial charge in [-0.1, -0.05) is 6.07 Å². The average molecular weight is 248 g/mol. The monoisotopic (exact) mass is 248 g/mol. The van der Waals surface area contributed by atoms with Gasteiger partial charge in [-0.3, -0.25) is 0 Å². The van der Waals surface area contributed by atoms with Crippen molar-refractivity contribution in [2.45, 2.75) is 13.8 Å². The molecule has 0 fully saturated rings. The highest BCUT2D eigenvalue weighted by molar-refractivity contribution is 5.65. The van der Waals surface area contributed by atoms with Gasteiger partial charge in [0.25, 0.3) is 0 Å². The molecule has 0 spiro atoms. The fraction of sp³-hybridized carbons (Fsp3) is 0.133. The molecule has 2 rings (SSSR count). The van der Waals surface area contributed by atoms with Gasteiger partial charge in [0.1, 0.15) is 23.5 Å². The molecule has 0 unspecified atom stereocenters. The minimum absolute atomic E-state index is 0.0984. The minimum atomic E-state index is 0.0984. The van der Waals surface area contributed by atoms with E-state index in [1.54, 1.807) is 12.3 Å². The summed E-state index contributed by atoms with van der Waals surface area (Å²) in [4.78, 5) is 4.32. The van der Waals surface area contributed by atoms with Crippen molar-refractivity contribution in [1.29, 1.82) is 10.5 Å².